The van der Waals surface area contributed by atoms with E-state index in [9.17, 15) is 13.2 Å². The smallest absolute Gasteiger partial charge is 0.339 e. The van der Waals surface area contributed by atoms with E-state index >= 15 is 0 Å². The van der Waals surface area contributed by atoms with E-state index in [-0.39, 0.29) is 16.5 Å². The van der Waals surface area contributed by atoms with Gasteiger partial charge in [0, 0.05) is 4.47 Å². The van der Waals surface area contributed by atoms with Crippen molar-refractivity contribution in [2.75, 3.05) is 5.32 Å². The van der Waals surface area contributed by atoms with Crippen LogP contribution in [0.25, 0.3) is 0 Å². The van der Waals surface area contributed by atoms with Crippen LogP contribution in [0.5, 0.6) is 0 Å². The van der Waals surface area contributed by atoms with Gasteiger partial charge in [-0.15, -0.1) is 0 Å². The van der Waals surface area contributed by atoms with Gasteiger partial charge in [0.1, 0.15) is 17.0 Å². The van der Waals surface area contributed by atoms with Gasteiger partial charge in [0.15, 0.2) is 0 Å². The average Bonchev–Trinajstić information content (AvgIpc) is 2.39. The SMILES string of the molecule is N#Cc1cc(Br)ccc1Nc1cc(C(F)(F)F)cc(Cl)n1. The Morgan fingerprint density at radius 2 is 1.95 bits per heavy atom. The standard InChI is InChI=1S/C13H6BrClF3N3/c14-9-1-2-10(7(3-9)6-19)20-12-5-8(13(16,17)18)4-11(15)21-12/h1-5H,(H,20,21). The molecule has 8 heteroatoms. The van der Waals surface area contributed by atoms with Crippen molar-refractivity contribution in [3.05, 3.63) is 51.1 Å². The number of halogens is 5. The highest BCUT2D eigenvalue weighted by Crippen LogP contribution is 2.33. The molecule has 0 atom stereocenters. The first-order valence-electron chi connectivity index (χ1n) is 5.51. The normalized spacial score (nSPS) is 11.0. The van der Waals surface area contributed by atoms with E-state index in [0.29, 0.717) is 10.2 Å². The molecule has 2 aromatic rings. The summed E-state index contributed by atoms with van der Waals surface area (Å²) in [6, 6.07) is 8.25. The molecule has 108 valence electrons. The Kier molecular flexibility index (Phi) is 4.40. The Bertz CT molecular complexity index is 726. The van der Waals surface area contributed by atoms with Crippen molar-refractivity contribution in [2.24, 2.45) is 0 Å². The molecule has 0 aliphatic carbocycles. The largest absolute Gasteiger partial charge is 0.416 e. The molecule has 0 aliphatic rings. The molecular weight excluding hydrogens is 371 g/mol. The van der Waals surface area contributed by atoms with Crippen molar-refractivity contribution in [1.82, 2.24) is 4.98 Å². The molecule has 1 N–H and O–H groups in total. The summed E-state index contributed by atoms with van der Waals surface area (Å²) in [5.41, 5.74) is -0.316. The van der Waals surface area contributed by atoms with Crippen LogP contribution in [0.3, 0.4) is 0 Å². The second-order valence-corrected chi connectivity index (χ2v) is 5.29. The minimum atomic E-state index is -4.53. The van der Waals surface area contributed by atoms with Gasteiger partial charge >= 0.3 is 6.18 Å². The number of hydrogen-bond donors (Lipinski definition) is 1. The summed E-state index contributed by atoms with van der Waals surface area (Å²) in [5, 5.41) is 11.4. The van der Waals surface area contributed by atoms with Crippen LogP contribution in [0.4, 0.5) is 24.7 Å². The van der Waals surface area contributed by atoms with Crippen LogP contribution in [0.1, 0.15) is 11.1 Å². The monoisotopic (exact) mass is 375 g/mol. The summed E-state index contributed by atoms with van der Waals surface area (Å²) in [7, 11) is 0. The van der Waals surface area contributed by atoms with E-state index < -0.39 is 11.7 Å². The molecular formula is C13H6BrClF3N3. The van der Waals surface area contributed by atoms with Gasteiger partial charge in [0.25, 0.3) is 0 Å². The fraction of sp³-hybridized carbons (Fsp3) is 0.0769. The Morgan fingerprint density at radius 3 is 2.57 bits per heavy atom. The first-order chi connectivity index (χ1) is 9.79. The molecule has 0 radical (unpaired) electrons. The first kappa shape index (κ1) is 15.6. The number of pyridine rings is 1. The van der Waals surface area contributed by atoms with E-state index in [0.717, 1.165) is 12.1 Å². The van der Waals surface area contributed by atoms with Crippen molar-refractivity contribution in [1.29, 1.82) is 5.26 Å². The number of rotatable bonds is 2. The Labute approximate surface area is 131 Å². The van der Waals surface area contributed by atoms with Crippen LogP contribution in [0.15, 0.2) is 34.8 Å². The summed E-state index contributed by atoms with van der Waals surface area (Å²) >= 11 is 8.81. The Balaban J connectivity index is 2.41. The zero-order chi connectivity index (χ0) is 15.6. The highest BCUT2D eigenvalue weighted by atomic mass is 79.9. The lowest BCUT2D eigenvalue weighted by Gasteiger charge is -2.11. The number of nitrogens with zero attached hydrogens (tertiary/aromatic N) is 2. The predicted octanol–water partition coefficient (Wildman–Crippen LogP) is 5.13. The molecule has 1 aromatic heterocycles. The molecule has 0 aliphatic heterocycles. The van der Waals surface area contributed by atoms with E-state index in [1.807, 2.05) is 6.07 Å². The van der Waals surface area contributed by atoms with Crippen LogP contribution < -0.4 is 5.32 Å². The summed E-state index contributed by atoms with van der Waals surface area (Å²) in [6.07, 6.45) is -4.53. The number of alkyl halides is 3. The third-order valence-corrected chi connectivity index (χ3v) is 3.17. The zero-order valence-corrected chi connectivity index (χ0v) is 12.5. The number of hydrogen-bond acceptors (Lipinski definition) is 3. The lowest BCUT2D eigenvalue weighted by Crippen LogP contribution is -2.07. The van der Waals surface area contributed by atoms with E-state index in [4.69, 9.17) is 16.9 Å². The van der Waals surface area contributed by atoms with Crippen molar-refractivity contribution in [3.8, 4) is 6.07 Å². The van der Waals surface area contributed by atoms with Crippen molar-refractivity contribution in [3.63, 3.8) is 0 Å². The molecule has 1 aromatic carbocycles. The maximum absolute atomic E-state index is 12.7. The van der Waals surface area contributed by atoms with Crippen LogP contribution in [0.2, 0.25) is 5.15 Å². The van der Waals surface area contributed by atoms with Crippen LogP contribution in [0, 0.1) is 11.3 Å². The highest BCUT2D eigenvalue weighted by Gasteiger charge is 2.31. The van der Waals surface area contributed by atoms with Crippen LogP contribution in [-0.2, 0) is 6.18 Å². The molecule has 0 saturated heterocycles. The van der Waals surface area contributed by atoms with Gasteiger partial charge in [-0.3, -0.25) is 0 Å². The van der Waals surface area contributed by atoms with Gasteiger partial charge < -0.3 is 5.32 Å². The lowest BCUT2D eigenvalue weighted by molar-refractivity contribution is -0.137. The van der Waals surface area contributed by atoms with Crippen LogP contribution >= 0.6 is 27.5 Å². The molecule has 0 amide bonds. The minimum Gasteiger partial charge on any atom is -0.339 e. The van der Waals surface area contributed by atoms with Gasteiger partial charge in [-0.2, -0.15) is 18.4 Å². The Morgan fingerprint density at radius 1 is 1.24 bits per heavy atom. The summed E-state index contributed by atoms with van der Waals surface area (Å²) in [5.74, 6) is -0.0892. The summed E-state index contributed by atoms with van der Waals surface area (Å²) < 4.78 is 38.8. The topological polar surface area (TPSA) is 48.7 Å². The summed E-state index contributed by atoms with van der Waals surface area (Å²) in [6.45, 7) is 0. The van der Waals surface area contributed by atoms with Crippen molar-refractivity contribution >= 4 is 39.0 Å². The fourth-order valence-electron chi connectivity index (χ4n) is 1.58. The van der Waals surface area contributed by atoms with E-state index in [1.54, 1.807) is 12.1 Å². The van der Waals surface area contributed by atoms with Gasteiger partial charge in [0.05, 0.1) is 16.8 Å². The highest BCUT2D eigenvalue weighted by molar-refractivity contribution is 9.10. The fourth-order valence-corrected chi connectivity index (χ4v) is 2.15. The quantitative estimate of drug-likeness (QED) is 0.739. The Hall–Kier alpha value is -1.78. The van der Waals surface area contributed by atoms with Crippen LogP contribution in [-0.4, -0.2) is 4.98 Å². The maximum Gasteiger partial charge on any atom is 0.416 e. The number of benzene rings is 1. The second kappa shape index (κ2) is 5.92. The number of nitriles is 1. The number of aromatic nitrogens is 1. The predicted molar refractivity (Wildman–Crippen MR) is 76.4 cm³/mol. The third-order valence-electron chi connectivity index (χ3n) is 2.49. The molecule has 0 unspecified atom stereocenters. The average molecular weight is 377 g/mol. The van der Waals surface area contributed by atoms with Crippen molar-refractivity contribution < 1.29 is 13.2 Å². The van der Waals surface area contributed by atoms with E-state index in [1.165, 1.54) is 6.07 Å². The molecule has 2 rings (SSSR count). The van der Waals surface area contributed by atoms with E-state index in [2.05, 4.69) is 26.2 Å². The zero-order valence-electron chi connectivity index (χ0n) is 10.2. The number of nitrogens with one attached hydrogen (secondary N) is 1. The molecule has 0 fully saturated rings. The third kappa shape index (κ3) is 3.86. The molecule has 21 heavy (non-hydrogen) atoms. The second-order valence-electron chi connectivity index (χ2n) is 3.99. The van der Waals surface area contributed by atoms with Gasteiger partial charge in [0.2, 0.25) is 0 Å². The molecule has 1 heterocycles. The maximum atomic E-state index is 12.7. The van der Waals surface area contributed by atoms with Gasteiger partial charge in [-0.05, 0) is 30.3 Å². The minimum absolute atomic E-state index is 0.0892. The van der Waals surface area contributed by atoms with Crippen molar-refractivity contribution in [2.45, 2.75) is 6.18 Å². The molecule has 0 bridgehead atoms. The lowest BCUT2D eigenvalue weighted by atomic mass is 10.2. The molecule has 0 saturated carbocycles. The molecule has 0 spiro atoms. The van der Waals surface area contributed by atoms with Gasteiger partial charge in [-0.1, -0.05) is 27.5 Å². The molecule has 3 nitrogen and oxygen atoms in total. The number of anilines is 2. The first-order valence-corrected chi connectivity index (χ1v) is 6.68. The summed E-state index contributed by atoms with van der Waals surface area (Å²) in [4.78, 5) is 3.77. The van der Waals surface area contributed by atoms with Gasteiger partial charge in [-0.25, -0.2) is 4.98 Å².